The minimum Gasteiger partial charge on any atom is -0.376 e. The van der Waals surface area contributed by atoms with Crippen molar-refractivity contribution in [2.24, 2.45) is 0 Å². The van der Waals surface area contributed by atoms with E-state index in [1.165, 1.54) is 23.9 Å². The number of fused-ring (bicyclic) bond motifs is 1. The topological polar surface area (TPSA) is 81.9 Å². The molecule has 0 spiro atoms. The summed E-state index contributed by atoms with van der Waals surface area (Å²) in [6.45, 7) is 1.32. The van der Waals surface area contributed by atoms with E-state index in [1.54, 1.807) is 18.3 Å². The molecule has 33 heavy (non-hydrogen) atoms. The first kappa shape index (κ1) is 21.5. The van der Waals surface area contributed by atoms with Crippen molar-refractivity contribution in [2.75, 3.05) is 17.7 Å². The lowest BCUT2D eigenvalue weighted by Crippen LogP contribution is -2.18. The molecule has 4 aromatic rings. The Labute approximate surface area is 194 Å². The number of hydrogen-bond acceptors (Lipinski definition) is 6. The summed E-state index contributed by atoms with van der Waals surface area (Å²) in [5.41, 5.74) is 2.31. The predicted molar refractivity (Wildman–Crippen MR) is 125 cm³/mol. The van der Waals surface area contributed by atoms with Crippen LogP contribution in [0.25, 0.3) is 22.3 Å². The third-order valence-corrected chi connectivity index (χ3v) is 6.45. The van der Waals surface area contributed by atoms with E-state index in [2.05, 4.69) is 20.5 Å². The quantitative estimate of drug-likeness (QED) is 0.405. The number of halogens is 1. The summed E-state index contributed by atoms with van der Waals surface area (Å²) in [6.07, 6.45) is 3.77. The van der Waals surface area contributed by atoms with Gasteiger partial charge in [0.1, 0.15) is 5.82 Å². The summed E-state index contributed by atoms with van der Waals surface area (Å²) < 4.78 is 21.2. The molecule has 0 bridgehead atoms. The molecule has 1 atom stereocenters. The number of anilines is 1. The first-order valence-corrected chi connectivity index (χ1v) is 11.7. The number of carbonyl (C=O) groups is 1. The number of nitrogens with zero attached hydrogens (tertiary/aromatic N) is 4. The minimum atomic E-state index is -0.307. The number of carbonyl (C=O) groups excluding carboxylic acids is 1. The monoisotopic (exact) mass is 463 g/mol. The molecule has 0 radical (unpaired) electrons. The molecule has 1 N–H and O–H groups in total. The van der Waals surface area contributed by atoms with Crippen LogP contribution in [0, 0.1) is 5.82 Å². The molecule has 0 saturated carbocycles. The molecule has 1 saturated heterocycles. The third kappa shape index (κ3) is 4.89. The second kappa shape index (κ2) is 9.68. The molecule has 3 heterocycles. The van der Waals surface area contributed by atoms with E-state index >= 15 is 0 Å². The van der Waals surface area contributed by atoms with Crippen LogP contribution in [0.2, 0.25) is 0 Å². The smallest absolute Gasteiger partial charge is 0.234 e. The average molecular weight is 464 g/mol. The summed E-state index contributed by atoms with van der Waals surface area (Å²) in [6, 6.07) is 15.6. The van der Waals surface area contributed by atoms with Crippen molar-refractivity contribution in [1.29, 1.82) is 0 Å². The first-order valence-electron chi connectivity index (χ1n) is 10.7. The molecule has 2 aromatic heterocycles. The van der Waals surface area contributed by atoms with Gasteiger partial charge in [-0.3, -0.25) is 14.3 Å². The van der Waals surface area contributed by atoms with Gasteiger partial charge in [-0.05, 0) is 61.4 Å². The van der Waals surface area contributed by atoms with Crippen molar-refractivity contribution in [3.63, 3.8) is 0 Å². The van der Waals surface area contributed by atoms with Crippen LogP contribution in [0.4, 0.5) is 10.1 Å². The summed E-state index contributed by atoms with van der Waals surface area (Å²) in [5, 5.41) is 13.1. The van der Waals surface area contributed by atoms with Gasteiger partial charge in [0, 0.05) is 23.8 Å². The highest BCUT2D eigenvalue weighted by Crippen LogP contribution is 2.27. The van der Waals surface area contributed by atoms with E-state index in [-0.39, 0.29) is 23.6 Å². The average Bonchev–Trinajstić information content (AvgIpc) is 3.49. The number of aromatic nitrogens is 4. The van der Waals surface area contributed by atoms with Crippen molar-refractivity contribution in [3.8, 4) is 11.4 Å². The van der Waals surface area contributed by atoms with Gasteiger partial charge in [-0.1, -0.05) is 17.8 Å². The molecule has 5 rings (SSSR count). The lowest BCUT2D eigenvalue weighted by molar-refractivity contribution is -0.113. The Morgan fingerprint density at radius 2 is 2.03 bits per heavy atom. The number of pyridine rings is 1. The number of benzene rings is 2. The van der Waals surface area contributed by atoms with Gasteiger partial charge in [0.15, 0.2) is 11.0 Å². The molecule has 1 aliphatic rings. The van der Waals surface area contributed by atoms with Crippen molar-refractivity contribution in [2.45, 2.75) is 30.6 Å². The number of nitrogens with one attached hydrogen (secondary N) is 1. The van der Waals surface area contributed by atoms with Crippen LogP contribution in [0.3, 0.4) is 0 Å². The van der Waals surface area contributed by atoms with Crippen molar-refractivity contribution >= 4 is 34.3 Å². The largest absolute Gasteiger partial charge is 0.376 e. The van der Waals surface area contributed by atoms with Gasteiger partial charge < -0.3 is 10.1 Å². The Morgan fingerprint density at radius 3 is 2.85 bits per heavy atom. The standard InChI is InChI=1S/C24H22FN5O2S/c25-17-10-8-16(9-11-17)23-28-29-24(30(23)14-18-4-3-13-32-18)33-15-22(31)27-21-7-1-6-20-19(21)5-2-12-26-20/h1-2,5-12,18H,3-4,13-15H2,(H,27,31)/t18-/m1/s1. The second-order valence-electron chi connectivity index (χ2n) is 7.77. The molecule has 1 aliphatic heterocycles. The van der Waals surface area contributed by atoms with Crippen LogP contribution in [0.5, 0.6) is 0 Å². The van der Waals surface area contributed by atoms with Crippen LogP contribution in [-0.2, 0) is 16.1 Å². The molecule has 0 unspecified atom stereocenters. The van der Waals surface area contributed by atoms with E-state index in [0.29, 0.717) is 17.5 Å². The lowest BCUT2D eigenvalue weighted by atomic mass is 10.2. The number of thioether (sulfide) groups is 1. The van der Waals surface area contributed by atoms with E-state index in [0.717, 1.165) is 41.6 Å². The van der Waals surface area contributed by atoms with Gasteiger partial charge in [-0.15, -0.1) is 10.2 Å². The van der Waals surface area contributed by atoms with Crippen molar-refractivity contribution in [1.82, 2.24) is 19.7 Å². The number of rotatable bonds is 7. The fourth-order valence-electron chi connectivity index (χ4n) is 3.89. The van der Waals surface area contributed by atoms with E-state index in [1.807, 2.05) is 34.9 Å². The SMILES string of the molecule is O=C(CSc1nnc(-c2ccc(F)cc2)n1C[C@H]1CCCO1)Nc1cccc2ncccc12. The Bertz CT molecular complexity index is 1270. The van der Waals surface area contributed by atoms with Crippen LogP contribution < -0.4 is 5.32 Å². The van der Waals surface area contributed by atoms with Gasteiger partial charge in [-0.2, -0.15) is 0 Å². The Hall–Kier alpha value is -3.30. The van der Waals surface area contributed by atoms with E-state index < -0.39 is 0 Å². The molecule has 0 aliphatic carbocycles. The summed E-state index contributed by atoms with van der Waals surface area (Å²) in [4.78, 5) is 17.1. The van der Waals surface area contributed by atoms with Crippen LogP contribution in [0.1, 0.15) is 12.8 Å². The molecule has 1 amide bonds. The molecule has 168 valence electrons. The molecule has 9 heteroatoms. The lowest BCUT2D eigenvalue weighted by Gasteiger charge is -2.15. The van der Waals surface area contributed by atoms with Gasteiger partial charge in [-0.25, -0.2) is 4.39 Å². The van der Waals surface area contributed by atoms with Gasteiger partial charge in [0.2, 0.25) is 5.91 Å². The zero-order valence-electron chi connectivity index (χ0n) is 17.8. The summed E-state index contributed by atoms with van der Waals surface area (Å²) in [7, 11) is 0. The van der Waals surface area contributed by atoms with E-state index in [4.69, 9.17) is 4.74 Å². The van der Waals surface area contributed by atoms with Gasteiger partial charge in [0.25, 0.3) is 0 Å². The molecular weight excluding hydrogens is 441 g/mol. The number of hydrogen-bond donors (Lipinski definition) is 1. The normalized spacial score (nSPS) is 15.7. The zero-order valence-corrected chi connectivity index (χ0v) is 18.6. The first-order chi connectivity index (χ1) is 16.2. The Morgan fingerprint density at radius 1 is 1.15 bits per heavy atom. The maximum Gasteiger partial charge on any atom is 0.234 e. The minimum absolute atomic E-state index is 0.0663. The van der Waals surface area contributed by atoms with Crippen molar-refractivity contribution < 1.29 is 13.9 Å². The van der Waals surface area contributed by atoms with Crippen LogP contribution in [-0.4, -0.2) is 44.1 Å². The van der Waals surface area contributed by atoms with Crippen LogP contribution >= 0.6 is 11.8 Å². The number of amides is 1. The number of ether oxygens (including phenoxy) is 1. The highest BCUT2D eigenvalue weighted by molar-refractivity contribution is 7.99. The Kier molecular flexibility index (Phi) is 6.32. The fourth-order valence-corrected chi connectivity index (χ4v) is 4.64. The van der Waals surface area contributed by atoms with Gasteiger partial charge in [0.05, 0.1) is 29.6 Å². The molecule has 1 fully saturated rings. The highest BCUT2D eigenvalue weighted by atomic mass is 32.2. The Balaban J connectivity index is 1.34. The predicted octanol–water partition coefficient (Wildman–Crippen LogP) is 4.54. The maximum atomic E-state index is 13.4. The van der Waals surface area contributed by atoms with E-state index in [9.17, 15) is 9.18 Å². The second-order valence-corrected chi connectivity index (χ2v) is 8.71. The zero-order chi connectivity index (χ0) is 22.6. The molecular formula is C24H22FN5O2S. The van der Waals surface area contributed by atoms with Gasteiger partial charge >= 0.3 is 0 Å². The maximum absolute atomic E-state index is 13.4. The fraction of sp³-hybridized carbons (Fsp3) is 0.250. The third-order valence-electron chi connectivity index (χ3n) is 5.48. The highest BCUT2D eigenvalue weighted by Gasteiger charge is 2.22. The summed E-state index contributed by atoms with van der Waals surface area (Å²) >= 11 is 1.31. The molecule has 7 nitrogen and oxygen atoms in total. The summed E-state index contributed by atoms with van der Waals surface area (Å²) in [5.74, 6) is 0.350. The van der Waals surface area contributed by atoms with Crippen molar-refractivity contribution in [3.05, 3.63) is 66.6 Å². The molecule has 2 aromatic carbocycles. The van der Waals surface area contributed by atoms with Crippen LogP contribution in [0.15, 0.2) is 66.0 Å².